The summed E-state index contributed by atoms with van der Waals surface area (Å²) < 4.78 is 27.0. The van der Waals surface area contributed by atoms with Crippen LogP contribution in [0.25, 0.3) is 11.1 Å². The van der Waals surface area contributed by atoms with Crippen molar-refractivity contribution in [1.29, 1.82) is 0 Å². The largest absolute Gasteiger partial charge is 0.338 e. The summed E-state index contributed by atoms with van der Waals surface area (Å²) in [6.45, 7) is 4.67. The number of aryl methyl sites for hydroxylation is 2. The number of halogens is 2. The van der Waals surface area contributed by atoms with Crippen LogP contribution in [0.15, 0.2) is 48.8 Å². The lowest BCUT2D eigenvalue weighted by Crippen LogP contribution is -2.48. The Hall–Kier alpha value is -3.88. The van der Waals surface area contributed by atoms with Gasteiger partial charge in [-0.3, -0.25) is 4.79 Å². The molecule has 0 radical (unpaired) electrons. The molecule has 0 spiro atoms. The molecule has 1 aromatic heterocycles. The number of amides is 3. The third kappa shape index (κ3) is 5.45. The molecule has 3 amide bonds. The maximum atomic E-state index is 13.5. The lowest BCUT2D eigenvalue weighted by molar-refractivity contribution is 0.0668. The van der Waals surface area contributed by atoms with Gasteiger partial charge in [-0.25, -0.2) is 23.5 Å². The summed E-state index contributed by atoms with van der Waals surface area (Å²) in [4.78, 5) is 37.5. The van der Waals surface area contributed by atoms with Gasteiger partial charge in [-0.1, -0.05) is 12.1 Å². The molecule has 2 heterocycles. The standard InChI is InChI=1S/C26H27F2N5O2/c1-16-24(17(2)30-15-29-16)25(34)33-10-8-23(9-11-33)32(3)26(35)31-22-6-4-18(5-7-22)19-12-20(27)14-21(28)13-19/h4-7,12-15,23H,8-11H2,1-3H3,(H,31,35). The summed E-state index contributed by atoms with van der Waals surface area (Å²) in [6.07, 6.45) is 2.77. The first-order valence-electron chi connectivity index (χ1n) is 11.4. The van der Waals surface area contributed by atoms with Crippen molar-refractivity contribution in [2.24, 2.45) is 0 Å². The average molecular weight is 480 g/mol. The molecule has 1 saturated heterocycles. The highest BCUT2D eigenvalue weighted by Gasteiger charge is 2.29. The number of rotatable bonds is 4. The Morgan fingerprint density at radius 3 is 2.09 bits per heavy atom. The Morgan fingerprint density at radius 1 is 0.943 bits per heavy atom. The van der Waals surface area contributed by atoms with Gasteiger partial charge in [0.1, 0.15) is 18.0 Å². The van der Waals surface area contributed by atoms with E-state index in [1.54, 1.807) is 55.0 Å². The Bertz CT molecular complexity index is 1200. The molecule has 1 fully saturated rings. The first kappa shape index (κ1) is 24.3. The lowest BCUT2D eigenvalue weighted by atomic mass is 10.0. The van der Waals surface area contributed by atoms with Crippen LogP contribution in [0, 0.1) is 25.5 Å². The molecule has 2 aromatic carbocycles. The van der Waals surface area contributed by atoms with Crippen molar-refractivity contribution in [3.63, 3.8) is 0 Å². The molecular formula is C26H27F2N5O2. The second-order valence-corrected chi connectivity index (χ2v) is 8.72. The molecular weight excluding hydrogens is 452 g/mol. The van der Waals surface area contributed by atoms with Gasteiger partial charge in [0.2, 0.25) is 0 Å². The maximum absolute atomic E-state index is 13.5. The van der Waals surface area contributed by atoms with E-state index in [4.69, 9.17) is 0 Å². The van der Waals surface area contributed by atoms with Gasteiger partial charge >= 0.3 is 6.03 Å². The summed E-state index contributed by atoms with van der Waals surface area (Å²) >= 11 is 0. The van der Waals surface area contributed by atoms with Gasteiger partial charge < -0.3 is 15.1 Å². The van der Waals surface area contributed by atoms with Gasteiger partial charge in [0.05, 0.1) is 17.0 Å². The monoisotopic (exact) mass is 479 g/mol. The van der Waals surface area contributed by atoms with E-state index < -0.39 is 11.6 Å². The Kier molecular flexibility index (Phi) is 7.04. The Morgan fingerprint density at radius 2 is 1.51 bits per heavy atom. The first-order valence-corrected chi connectivity index (χ1v) is 11.4. The van der Waals surface area contributed by atoms with Crippen LogP contribution >= 0.6 is 0 Å². The molecule has 9 heteroatoms. The van der Waals surface area contributed by atoms with Crippen molar-refractivity contribution >= 4 is 17.6 Å². The molecule has 3 aromatic rings. The number of nitrogens with zero attached hydrogens (tertiary/aromatic N) is 4. The number of benzene rings is 2. The van der Waals surface area contributed by atoms with Crippen molar-refractivity contribution in [1.82, 2.24) is 19.8 Å². The maximum Gasteiger partial charge on any atom is 0.321 e. The van der Waals surface area contributed by atoms with Crippen LogP contribution in [-0.2, 0) is 0 Å². The van der Waals surface area contributed by atoms with Crippen LogP contribution in [0.1, 0.15) is 34.6 Å². The quantitative estimate of drug-likeness (QED) is 0.583. The zero-order chi connectivity index (χ0) is 25.1. The van der Waals surface area contributed by atoms with Gasteiger partial charge in [0.25, 0.3) is 5.91 Å². The fourth-order valence-electron chi connectivity index (χ4n) is 4.36. The van der Waals surface area contributed by atoms with E-state index in [0.717, 1.165) is 6.07 Å². The van der Waals surface area contributed by atoms with E-state index in [1.165, 1.54) is 18.5 Å². The van der Waals surface area contributed by atoms with Crippen molar-refractivity contribution in [2.75, 3.05) is 25.5 Å². The van der Waals surface area contributed by atoms with E-state index in [0.29, 0.717) is 59.7 Å². The highest BCUT2D eigenvalue weighted by atomic mass is 19.1. The van der Waals surface area contributed by atoms with Crippen molar-refractivity contribution in [3.8, 4) is 11.1 Å². The molecule has 0 atom stereocenters. The Balaban J connectivity index is 1.34. The molecule has 1 aliphatic heterocycles. The third-order valence-electron chi connectivity index (χ3n) is 6.39. The summed E-state index contributed by atoms with van der Waals surface area (Å²) in [7, 11) is 1.74. The number of aromatic nitrogens is 2. The van der Waals surface area contributed by atoms with Gasteiger partial charge in [0, 0.05) is 37.9 Å². The number of piperidine rings is 1. The zero-order valence-electron chi connectivity index (χ0n) is 19.9. The molecule has 0 saturated carbocycles. The van der Waals surface area contributed by atoms with Crippen molar-refractivity contribution in [2.45, 2.75) is 32.7 Å². The first-order chi connectivity index (χ1) is 16.7. The molecule has 0 aliphatic carbocycles. The van der Waals surface area contributed by atoms with Crippen LogP contribution in [0.4, 0.5) is 19.3 Å². The number of carbonyl (C=O) groups is 2. The second kappa shape index (κ2) is 10.2. The topological polar surface area (TPSA) is 78.4 Å². The molecule has 4 rings (SSSR count). The highest BCUT2D eigenvalue weighted by molar-refractivity contribution is 5.96. The van der Waals surface area contributed by atoms with Crippen LogP contribution in [0.3, 0.4) is 0 Å². The number of hydrogen-bond donors (Lipinski definition) is 1. The fraction of sp³-hybridized carbons (Fsp3) is 0.308. The normalized spacial score (nSPS) is 14.0. The number of urea groups is 1. The number of anilines is 1. The summed E-state index contributed by atoms with van der Waals surface area (Å²) in [5, 5.41) is 2.86. The second-order valence-electron chi connectivity index (χ2n) is 8.72. The molecule has 0 unspecified atom stereocenters. The molecule has 35 heavy (non-hydrogen) atoms. The molecule has 1 N–H and O–H groups in total. The van der Waals surface area contributed by atoms with Gasteiger partial charge in [-0.15, -0.1) is 0 Å². The summed E-state index contributed by atoms with van der Waals surface area (Å²) in [6, 6.07) is 9.85. The van der Waals surface area contributed by atoms with Crippen molar-refractivity contribution < 1.29 is 18.4 Å². The van der Waals surface area contributed by atoms with E-state index in [1.807, 2.05) is 0 Å². The molecule has 7 nitrogen and oxygen atoms in total. The smallest absolute Gasteiger partial charge is 0.321 e. The van der Waals surface area contributed by atoms with E-state index in [2.05, 4.69) is 15.3 Å². The number of likely N-dealkylation sites (tertiary alicyclic amines) is 1. The fourth-order valence-corrected chi connectivity index (χ4v) is 4.36. The average Bonchev–Trinajstić information content (AvgIpc) is 2.83. The molecule has 182 valence electrons. The lowest BCUT2D eigenvalue weighted by Gasteiger charge is -2.37. The van der Waals surface area contributed by atoms with Crippen LogP contribution in [0.5, 0.6) is 0 Å². The minimum Gasteiger partial charge on any atom is -0.338 e. The zero-order valence-corrected chi connectivity index (χ0v) is 19.9. The summed E-state index contributed by atoms with van der Waals surface area (Å²) in [5.74, 6) is -1.37. The third-order valence-corrected chi connectivity index (χ3v) is 6.39. The van der Waals surface area contributed by atoms with E-state index in [-0.39, 0.29) is 18.0 Å². The number of nitrogens with one attached hydrogen (secondary N) is 1. The summed E-state index contributed by atoms with van der Waals surface area (Å²) in [5.41, 5.74) is 3.50. The number of carbonyl (C=O) groups excluding carboxylic acids is 2. The van der Waals surface area contributed by atoms with Gasteiger partial charge in [-0.2, -0.15) is 0 Å². The predicted octanol–water partition coefficient (Wildman–Crippen LogP) is 4.81. The van der Waals surface area contributed by atoms with Crippen LogP contribution in [0.2, 0.25) is 0 Å². The van der Waals surface area contributed by atoms with E-state index >= 15 is 0 Å². The minimum atomic E-state index is -0.644. The van der Waals surface area contributed by atoms with Crippen LogP contribution < -0.4 is 5.32 Å². The SMILES string of the molecule is Cc1ncnc(C)c1C(=O)N1CCC(N(C)C(=O)Nc2ccc(-c3cc(F)cc(F)c3)cc2)CC1. The van der Waals surface area contributed by atoms with Crippen molar-refractivity contribution in [3.05, 3.63) is 77.4 Å². The van der Waals surface area contributed by atoms with Gasteiger partial charge in [0.15, 0.2) is 0 Å². The molecule has 0 bridgehead atoms. The molecule has 1 aliphatic rings. The van der Waals surface area contributed by atoms with E-state index in [9.17, 15) is 18.4 Å². The van der Waals surface area contributed by atoms with Crippen LogP contribution in [-0.4, -0.2) is 57.9 Å². The predicted molar refractivity (Wildman–Crippen MR) is 129 cm³/mol. The Labute approximate surface area is 202 Å². The highest BCUT2D eigenvalue weighted by Crippen LogP contribution is 2.24. The van der Waals surface area contributed by atoms with Gasteiger partial charge in [-0.05, 0) is 62.1 Å². The number of hydrogen-bond acceptors (Lipinski definition) is 4. The minimum absolute atomic E-state index is 0.0113.